The van der Waals surface area contributed by atoms with Gasteiger partial charge in [0.25, 0.3) is 0 Å². The Morgan fingerprint density at radius 3 is 2.64 bits per heavy atom. The van der Waals surface area contributed by atoms with E-state index in [2.05, 4.69) is 11.8 Å². The minimum Gasteiger partial charge on any atom is -0.396 e. The van der Waals surface area contributed by atoms with Crippen LogP contribution < -0.4 is 0 Å². The largest absolute Gasteiger partial charge is 0.396 e. The van der Waals surface area contributed by atoms with Crippen molar-refractivity contribution in [2.75, 3.05) is 39.8 Å². The number of rotatable bonds is 6. The predicted molar refractivity (Wildman–Crippen MR) is 87.4 cm³/mol. The Balaban J connectivity index is 2.19. The maximum Gasteiger partial charge on any atom is 0.243 e. The van der Waals surface area contributed by atoms with Crippen molar-refractivity contribution >= 4 is 21.6 Å². The fraction of sp³-hybridized carbons (Fsp3) is 0.600. The summed E-state index contributed by atoms with van der Waals surface area (Å²) >= 11 is 5.90. The lowest BCUT2D eigenvalue weighted by Gasteiger charge is -2.22. The number of aliphatic hydroxyl groups excluding tert-OH is 1. The van der Waals surface area contributed by atoms with Gasteiger partial charge in [0.05, 0.1) is 4.90 Å². The fourth-order valence-corrected chi connectivity index (χ4v) is 4.67. The third kappa shape index (κ3) is 3.81. The minimum absolute atomic E-state index is 0.00376. The number of nitrogens with zero attached hydrogens (tertiary/aromatic N) is 2. The van der Waals surface area contributed by atoms with E-state index in [9.17, 15) is 13.5 Å². The molecule has 0 unspecified atom stereocenters. The number of hydrogen-bond donors (Lipinski definition) is 1. The van der Waals surface area contributed by atoms with Gasteiger partial charge in [-0.1, -0.05) is 24.6 Å². The molecule has 1 aromatic rings. The van der Waals surface area contributed by atoms with Gasteiger partial charge in [-0.05, 0) is 37.7 Å². The zero-order valence-electron chi connectivity index (χ0n) is 12.9. The van der Waals surface area contributed by atoms with Crippen LogP contribution in [0.25, 0.3) is 0 Å². The minimum atomic E-state index is -3.56. The van der Waals surface area contributed by atoms with Gasteiger partial charge in [0.2, 0.25) is 10.0 Å². The molecule has 1 aliphatic heterocycles. The number of hydrogen-bond acceptors (Lipinski definition) is 4. The van der Waals surface area contributed by atoms with Gasteiger partial charge in [-0.15, -0.1) is 0 Å². The lowest BCUT2D eigenvalue weighted by molar-refractivity contribution is 0.178. The highest BCUT2D eigenvalue weighted by Gasteiger charge is 2.39. The topological polar surface area (TPSA) is 60.9 Å². The van der Waals surface area contributed by atoms with Crippen LogP contribution in [0.5, 0.6) is 0 Å². The summed E-state index contributed by atoms with van der Waals surface area (Å²) in [5, 5.41) is 9.96. The van der Waals surface area contributed by atoms with Crippen LogP contribution in [-0.2, 0) is 10.0 Å². The van der Waals surface area contributed by atoms with E-state index in [1.807, 2.05) is 7.05 Å². The third-order valence-corrected chi connectivity index (χ3v) is 6.36. The van der Waals surface area contributed by atoms with Crippen LogP contribution in [0.3, 0.4) is 0 Å². The van der Waals surface area contributed by atoms with Crippen molar-refractivity contribution in [1.29, 1.82) is 0 Å². The smallest absolute Gasteiger partial charge is 0.243 e. The van der Waals surface area contributed by atoms with Crippen LogP contribution in [-0.4, -0.2) is 62.6 Å². The van der Waals surface area contributed by atoms with Crippen LogP contribution in [0.1, 0.15) is 6.92 Å². The first kappa shape index (κ1) is 17.7. The summed E-state index contributed by atoms with van der Waals surface area (Å²) in [5.41, 5.74) is 0. The first-order valence-corrected chi connectivity index (χ1v) is 9.25. The molecule has 0 radical (unpaired) electrons. The molecule has 1 saturated heterocycles. The summed E-state index contributed by atoms with van der Waals surface area (Å²) in [5.74, 6) is 0.117. The molecular weight excluding hydrogens is 324 g/mol. The van der Waals surface area contributed by atoms with Crippen LogP contribution in [0.15, 0.2) is 29.2 Å². The van der Waals surface area contributed by atoms with Gasteiger partial charge in [-0.2, -0.15) is 4.31 Å². The number of aliphatic hydroxyl groups is 1. The van der Waals surface area contributed by atoms with Gasteiger partial charge < -0.3 is 10.0 Å². The van der Waals surface area contributed by atoms with Gasteiger partial charge in [0, 0.05) is 37.2 Å². The van der Waals surface area contributed by atoms with Crippen LogP contribution in [0, 0.1) is 11.8 Å². The summed E-state index contributed by atoms with van der Waals surface area (Å²) in [6.07, 6.45) is 0. The molecule has 0 aromatic heterocycles. The molecular formula is C15H23ClN2O3S. The molecule has 0 bridgehead atoms. The maximum atomic E-state index is 12.7. The van der Waals surface area contributed by atoms with Crippen molar-refractivity contribution in [2.24, 2.45) is 11.8 Å². The van der Waals surface area contributed by atoms with Crippen molar-refractivity contribution < 1.29 is 13.5 Å². The van der Waals surface area contributed by atoms with E-state index in [-0.39, 0.29) is 23.3 Å². The van der Waals surface area contributed by atoms with Crippen molar-refractivity contribution in [3.63, 3.8) is 0 Å². The Hall–Kier alpha value is -0.660. The molecule has 2 atom stereocenters. The van der Waals surface area contributed by atoms with Crippen LogP contribution >= 0.6 is 11.6 Å². The SMILES string of the molecule is CCN(C)C[C@@H]1CN(S(=O)(=O)c2cccc(Cl)c2)C[C@@H]1CO. The Labute approximate surface area is 137 Å². The summed E-state index contributed by atoms with van der Waals surface area (Å²) in [6.45, 7) is 4.53. The number of benzene rings is 1. The summed E-state index contributed by atoms with van der Waals surface area (Å²) in [6, 6.07) is 6.31. The molecule has 5 nitrogen and oxygen atoms in total. The highest BCUT2D eigenvalue weighted by molar-refractivity contribution is 7.89. The average Bonchev–Trinajstić information content (AvgIpc) is 2.90. The second-order valence-corrected chi connectivity index (χ2v) is 8.21. The molecule has 0 aliphatic carbocycles. The summed E-state index contributed by atoms with van der Waals surface area (Å²) < 4.78 is 26.9. The molecule has 1 aromatic carbocycles. The zero-order valence-corrected chi connectivity index (χ0v) is 14.5. The molecule has 22 heavy (non-hydrogen) atoms. The Morgan fingerprint density at radius 2 is 2.05 bits per heavy atom. The van der Waals surface area contributed by atoms with Crippen molar-refractivity contribution in [2.45, 2.75) is 11.8 Å². The number of halogens is 1. The van der Waals surface area contributed by atoms with Crippen molar-refractivity contribution in [3.8, 4) is 0 Å². The monoisotopic (exact) mass is 346 g/mol. The Morgan fingerprint density at radius 1 is 1.36 bits per heavy atom. The highest BCUT2D eigenvalue weighted by atomic mass is 35.5. The standard InChI is InChI=1S/C15H23ClN2O3S/c1-3-17(2)8-12-9-18(10-13(12)11-19)22(20,21)15-6-4-5-14(16)7-15/h4-7,12-13,19H,3,8-11H2,1-2H3/t12-,13-/m1/s1. The molecule has 1 N–H and O–H groups in total. The van der Waals surface area contributed by atoms with Crippen molar-refractivity contribution in [1.82, 2.24) is 9.21 Å². The lowest BCUT2D eigenvalue weighted by Crippen LogP contribution is -2.32. The fourth-order valence-electron chi connectivity index (χ4n) is 2.81. The molecule has 0 spiro atoms. The van der Waals surface area contributed by atoms with Gasteiger partial charge in [-0.25, -0.2) is 8.42 Å². The first-order valence-electron chi connectivity index (χ1n) is 7.43. The quantitative estimate of drug-likeness (QED) is 0.848. The molecule has 7 heteroatoms. The normalized spacial score (nSPS) is 23.3. The molecule has 2 rings (SSSR count). The first-order chi connectivity index (χ1) is 10.4. The molecule has 124 valence electrons. The molecule has 0 saturated carbocycles. The van der Waals surface area contributed by atoms with E-state index < -0.39 is 10.0 Å². The Bertz CT molecular complexity index is 609. The second-order valence-electron chi connectivity index (χ2n) is 5.84. The number of sulfonamides is 1. The van der Waals surface area contributed by atoms with E-state index in [0.29, 0.717) is 18.1 Å². The van der Waals surface area contributed by atoms with Gasteiger partial charge in [0.1, 0.15) is 0 Å². The average molecular weight is 347 g/mol. The summed E-state index contributed by atoms with van der Waals surface area (Å²) in [4.78, 5) is 2.35. The molecule has 1 fully saturated rings. The Kier molecular flexibility index (Phi) is 5.85. The summed E-state index contributed by atoms with van der Waals surface area (Å²) in [7, 11) is -1.56. The van der Waals surface area contributed by atoms with Crippen molar-refractivity contribution in [3.05, 3.63) is 29.3 Å². The van der Waals surface area contributed by atoms with Gasteiger partial charge in [-0.3, -0.25) is 0 Å². The van der Waals surface area contributed by atoms with Gasteiger partial charge in [0.15, 0.2) is 0 Å². The molecule has 0 amide bonds. The zero-order chi connectivity index (χ0) is 16.3. The highest BCUT2D eigenvalue weighted by Crippen LogP contribution is 2.29. The molecule has 1 aliphatic rings. The van der Waals surface area contributed by atoms with E-state index in [4.69, 9.17) is 11.6 Å². The third-order valence-electron chi connectivity index (χ3n) is 4.30. The molecule has 1 heterocycles. The van der Waals surface area contributed by atoms with E-state index in [1.54, 1.807) is 18.2 Å². The maximum absolute atomic E-state index is 12.7. The van der Waals surface area contributed by atoms with E-state index in [1.165, 1.54) is 10.4 Å². The van der Waals surface area contributed by atoms with E-state index >= 15 is 0 Å². The van der Waals surface area contributed by atoms with Crippen LogP contribution in [0.4, 0.5) is 0 Å². The second kappa shape index (κ2) is 7.27. The van der Waals surface area contributed by atoms with Crippen LogP contribution in [0.2, 0.25) is 5.02 Å². The predicted octanol–water partition coefficient (Wildman–Crippen LogP) is 1.52. The lowest BCUT2D eigenvalue weighted by atomic mass is 9.96. The van der Waals surface area contributed by atoms with E-state index in [0.717, 1.165) is 13.1 Å². The van der Waals surface area contributed by atoms with Gasteiger partial charge >= 0.3 is 0 Å².